The molecule has 29 heavy (non-hydrogen) atoms. The van der Waals surface area contributed by atoms with Gasteiger partial charge in [0.25, 0.3) is 0 Å². The van der Waals surface area contributed by atoms with Gasteiger partial charge in [-0.15, -0.1) is 0 Å². The summed E-state index contributed by atoms with van der Waals surface area (Å²) in [5.74, 6) is -0.0928. The lowest BCUT2D eigenvalue weighted by molar-refractivity contribution is -0.129. The summed E-state index contributed by atoms with van der Waals surface area (Å²) >= 11 is 0. The molecule has 2 N–H and O–H groups in total. The predicted molar refractivity (Wildman–Crippen MR) is 109 cm³/mol. The molecule has 1 saturated heterocycles. The molecule has 0 bridgehead atoms. The summed E-state index contributed by atoms with van der Waals surface area (Å²) in [5.41, 5.74) is 5.30. The number of ether oxygens (including phenoxy) is 2. The molecule has 2 rings (SSSR count). The van der Waals surface area contributed by atoms with Crippen LogP contribution in [0.25, 0.3) is 0 Å². The fourth-order valence-corrected chi connectivity index (χ4v) is 3.27. The first kappa shape index (κ1) is 22.8. The van der Waals surface area contributed by atoms with Crippen LogP contribution in [-0.2, 0) is 14.3 Å². The van der Waals surface area contributed by atoms with Crippen LogP contribution in [0.1, 0.15) is 50.4 Å². The molecule has 2 amide bonds. The van der Waals surface area contributed by atoms with Crippen molar-refractivity contribution in [3.63, 3.8) is 0 Å². The van der Waals surface area contributed by atoms with Gasteiger partial charge >= 0.3 is 0 Å². The molecule has 160 valence electrons. The van der Waals surface area contributed by atoms with Gasteiger partial charge < -0.3 is 9.47 Å². The van der Waals surface area contributed by atoms with E-state index in [1.165, 1.54) is 0 Å². The number of morpholine rings is 1. The maximum Gasteiger partial charge on any atom is 0.239 e. The third-order valence-corrected chi connectivity index (χ3v) is 4.56. The molecule has 8 nitrogen and oxygen atoms in total. The molecule has 2 atom stereocenters. The molecule has 8 heteroatoms. The molecule has 0 unspecified atom stereocenters. The molecule has 0 aliphatic carbocycles. The standard InChI is InChI=1S/C21H31N3O5/c1-4-28-18-7-5-17(6-8-18)19(25)9-10-20(26)22-23-21(27)11-12-24-13-15(2)29-16(3)14-24/h5-8,15-16H,4,9-14H2,1-3H3,(H,22,26)(H,23,27)/t15-,16-/m0/s1. The van der Waals surface area contributed by atoms with Crippen LogP contribution in [0.5, 0.6) is 5.75 Å². The molecule has 1 aliphatic rings. The second-order valence-electron chi connectivity index (χ2n) is 7.24. The Morgan fingerprint density at radius 2 is 1.59 bits per heavy atom. The molecule has 1 aliphatic heterocycles. The molecular weight excluding hydrogens is 374 g/mol. The van der Waals surface area contributed by atoms with Crippen LogP contribution >= 0.6 is 0 Å². The number of nitrogens with one attached hydrogen (secondary N) is 2. The first-order valence-corrected chi connectivity index (χ1v) is 10.1. The number of hydrogen-bond donors (Lipinski definition) is 2. The Labute approximate surface area is 171 Å². The summed E-state index contributed by atoms with van der Waals surface area (Å²) in [5, 5.41) is 0. The van der Waals surface area contributed by atoms with E-state index in [9.17, 15) is 14.4 Å². The fourth-order valence-electron chi connectivity index (χ4n) is 3.27. The minimum atomic E-state index is -0.397. The SMILES string of the molecule is CCOc1ccc(C(=O)CCC(=O)NNC(=O)CCN2C[C@H](C)O[C@@H](C)C2)cc1. The second kappa shape index (κ2) is 11.5. The second-order valence-corrected chi connectivity index (χ2v) is 7.24. The Morgan fingerprint density at radius 1 is 1.00 bits per heavy atom. The van der Waals surface area contributed by atoms with E-state index < -0.39 is 5.91 Å². The molecule has 0 aromatic heterocycles. The van der Waals surface area contributed by atoms with Crippen LogP contribution in [0.2, 0.25) is 0 Å². The lowest BCUT2D eigenvalue weighted by atomic mass is 10.1. The topological polar surface area (TPSA) is 97.0 Å². The summed E-state index contributed by atoms with van der Waals surface area (Å²) in [6.07, 6.45) is 0.651. The van der Waals surface area contributed by atoms with Gasteiger partial charge in [-0.2, -0.15) is 0 Å². The van der Waals surface area contributed by atoms with Crippen LogP contribution in [0.15, 0.2) is 24.3 Å². The zero-order valence-corrected chi connectivity index (χ0v) is 17.4. The van der Waals surface area contributed by atoms with Crippen molar-refractivity contribution < 1.29 is 23.9 Å². The van der Waals surface area contributed by atoms with Crippen molar-refractivity contribution in [1.82, 2.24) is 15.8 Å². The third kappa shape index (κ3) is 8.21. The number of hydrogen-bond acceptors (Lipinski definition) is 6. The van der Waals surface area contributed by atoms with Gasteiger partial charge in [0.15, 0.2) is 5.78 Å². The number of hydrazine groups is 1. The van der Waals surface area contributed by atoms with E-state index >= 15 is 0 Å². The molecule has 0 radical (unpaired) electrons. The van der Waals surface area contributed by atoms with E-state index in [0.717, 1.165) is 13.1 Å². The number of amides is 2. The average Bonchev–Trinajstić information content (AvgIpc) is 2.69. The zero-order valence-electron chi connectivity index (χ0n) is 17.4. The van der Waals surface area contributed by atoms with Crippen molar-refractivity contribution in [2.75, 3.05) is 26.2 Å². The average molecular weight is 405 g/mol. The number of nitrogens with zero attached hydrogens (tertiary/aromatic N) is 1. The Hall–Kier alpha value is -2.45. The van der Waals surface area contributed by atoms with Crippen molar-refractivity contribution in [3.8, 4) is 5.75 Å². The Bertz CT molecular complexity index is 682. The van der Waals surface area contributed by atoms with Gasteiger partial charge in [-0.25, -0.2) is 0 Å². The fraction of sp³-hybridized carbons (Fsp3) is 0.571. The molecule has 0 saturated carbocycles. The van der Waals surface area contributed by atoms with Gasteiger partial charge in [-0.05, 0) is 45.0 Å². The summed E-state index contributed by atoms with van der Waals surface area (Å²) < 4.78 is 11.0. The largest absolute Gasteiger partial charge is 0.494 e. The highest BCUT2D eigenvalue weighted by Crippen LogP contribution is 2.14. The Morgan fingerprint density at radius 3 is 2.17 bits per heavy atom. The normalized spacial score (nSPS) is 19.4. The van der Waals surface area contributed by atoms with Crippen molar-refractivity contribution in [2.45, 2.75) is 52.2 Å². The molecule has 1 aromatic carbocycles. The minimum absolute atomic E-state index is 0.00478. The van der Waals surface area contributed by atoms with Crippen LogP contribution in [0.4, 0.5) is 0 Å². The van der Waals surface area contributed by atoms with Crippen LogP contribution in [-0.4, -0.2) is 60.9 Å². The first-order valence-electron chi connectivity index (χ1n) is 10.1. The monoisotopic (exact) mass is 405 g/mol. The number of carbonyl (C=O) groups is 3. The van der Waals surface area contributed by atoms with E-state index in [1.54, 1.807) is 24.3 Å². The number of carbonyl (C=O) groups excluding carboxylic acids is 3. The van der Waals surface area contributed by atoms with Gasteiger partial charge in [0, 0.05) is 44.5 Å². The number of Topliss-reactive ketones (excluding diaryl/α,β-unsaturated/α-hetero) is 1. The summed E-state index contributed by atoms with van der Waals surface area (Å²) in [4.78, 5) is 38.2. The van der Waals surface area contributed by atoms with Crippen molar-refractivity contribution >= 4 is 17.6 Å². The smallest absolute Gasteiger partial charge is 0.239 e. The summed E-state index contributed by atoms with van der Waals surface area (Å²) in [6, 6.07) is 6.82. The van der Waals surface area contributed by atoms with Gasteiger partial charge in [0.1, 0.15) is 5.75 Å². The van der Waals surface area contributed by atoms with E-state index in [2.05, 4.69) is 15.8 Å². The maximum atomic E-state index is 12.2. The Kier molecular flexibility index (Phi) is 9.08. The highest BCUT2D eigenvalue weighted by atomic mass is 16.5. The van der Waals surface area contributed by atoms with E-state index in [4.69, 9.17) is 9.47 Å². The predicted octanol–water partition coefficient (Wildman–Crippen LogP) is 1.69. The van der Waals surface area contributed by atoms with Gasteiger partial charge in [-0.1, -0.05) is 0 Å². The quantitative estimate of drug-likeness (QED) is 0.479. The molecule has 1 fully saturated rings. The van der Waals surface area contributed by atoms with Gasteiger partial charge in [0.05, 0.1) is 18.8 Å². The minimum Gasteiger partial charge on any atom is -0.494 e. The van der Waals surface area contributed by atoms with E-state index in [-0.39, 0.29) is 43.2 Å². The van der Waals surface area contributed by atoms with E-state index in [0.29, 0.717) is 24.5 Å². The lowest BCUT2D eigenvalue weighted by Crippen LogP contribution is -2.47. The summed E-state index contributed by atoms with van der Waals surface area (Å²) in [6.45, 7) is 8.66. The maximum absolute atomic E-state index is 12.2. The van der Waals surface area contributed by atoms with Crippen molar-refractivity contribution in [3.05, 3.63) is 29.8 Å². The van der Waals surface area contributed by atoms with Crippen molar-refractivity contribution in [1.29, 1.82) is 0 Å². The zero-order chi connectivity index (χ0) is 21.2. The summed E-state index contributed by atoms with van der Waals surface area (Å²) in [7, 11) is 0. The number of rotatable bonds is 9. The van der Waals surface area contributed by atoms with Crippen LogP contribution in [0.3, 0.4) is 0 Å². The van der Waals surface area contributed by atoms with Crippen LogP contribution < -0.4 is 15.6 Å². The highest BCUT2D eigenvalue weighted by molar-refractivity contribution is 5.98. The van der Waals surface area contributed by atoms with Gasteiger partial charge in [0.2, 0.25) is 11.8 Å². The first-order chi connectivity index (χ1) is 13.9. The number of benzene rings is 1. The highest BCUT2D eigenvalue weighted by Gasteiger charge is 2.22. The van der Waals surface area contributed by atoms with E-state index in [1.807, 2.05) is 20.8 Å². The lowest BCUT2D eigenvalue weighted by Gasteiger charge is -2.35. The molecular formula is C21H31N3O5. The van der Waals surface area contributed by atoms with Crippen molar-refractivity contribution in [2.24, 2.45) is 0 Å². The molecule has 1 heterocycles. The molecule has 1 aromatic rings. The molecule has 0 spiro atoms. The van der Waals surface area contributed by atoms with Crippen LogP contribution in [0, 0.1) is 0 Å². The van der Waals surface area contributed by atoms with Gasteiger partial charge in [-0.3, -0.25) is 30.1 Å². The Balaban J connectivity index is 1.63. The number of ketones is 1. The third-order valence-electron chi connectivity index (χ3n) is 4.56.